The highest BCUT2D eigenvalue weighted by molar-refractivity contribution is 9.10. The fraction of sp³-hybridized carbons (Fsp3) is 0.600. The van der Waals surface area contributed by atoms with Crippen molar-refractivity contribution in [1.82, 2.24) is 10.2 Å². The number of rotatable bonds is 6. The van der Waals surface area contributed by atoms with Crippen molar-refractivity contribution in [2.24, 2.45) is 0 Å². The van der Waals surface area contributed by atoms with Crippen molar-refractivity contribution in [3.05, 3.63) is 35.9 Å². The molecule has 0 aliphatic carbocycles. The van der Waals surface area contributed by atoms with Crippen LogP contribution in [0.2, 0.25) is 0 Å². The molecule has 150 valence electrons. The molecule has 1 N–H and O–H groups in total. The maximum Gasteiger partial charge on any atom is 0.407 e. The van der Waals surface area contributed by atoms with Crippen LogP contribution >= 0.6 is 15.9 Å². The number of amides is 1. The highest BCUT2D eigenvalue weighted by atomic mass is 79.9. The van der Waals surface area contributed by atoms with E-state index in [9.17, 15) is 9.59 Å². The van der Waals surface area contributed by atoms with E-state index in [1.54, 1.807) is 0 Å². The zero-order valence-electron chi connectivity index (χ0n) is 16.2. The van der Waals surface area contributed by atoms with Crippen molar-refractivity contribution in [3.8, 4) is 0 Å². The summed E-state index contributed by atoms with van der Waals surface area (Å²) in [6.07, 6.45) is 1.29. The van der Waals surface area contributed by atoms with Crippen molar-refractivity contribution < 1.29 is 19.1 Å². The fourth-order valence-corrected chi connectivity index (χ4v) is 3.40. The van der Waals surface area contributed by atoms with E-state index in [4.69, 9.17) is 9.47 Å². The van der Waals surface area contributed by atoms with E-state index in [-0.39, 0.29) is 29.5 Å². The van der Waals surface area contributed by atoms with Gasteiger partial charge in [0.2, 0.25) is 0 Å². The zero-order valence-corrected chi connectivity index (χ0v) is 17.8. The van der Waals surface area contributed by atoms with Crippen LogP contribution in [0.3, 0.4) is 0 Å². The lowest BCUT2D eigenvalue weighted by atomic mass is 10.1. The summed E-state index contributed by atoms with van der Waals surface area (Å²) in [5.74, 6) is -0.257. The lowest BCUT2D eigenvalue weighted by Crippen LogP contribution is -2.47. The van der Waals surface area contributed by atoms with Crippen molar-refractivity contribution >= 4 is 28.0 Å². The van der Waals surface area contributed by atoms with Crippen LogP contribution in [-0.2, 0) is 20.9 Å². The van der Waals surface area contributed by atoms with Gasteiger partial charge >= 0.3 is 12.1 Å². The number of halogens is 1. The molecule has 1 aliphatic rings. The van der Waals surface area contributed by atoms with E-state index in [2.05, 4.69) is 26.1 Å². The zero-order chi connectivity index (χ0) is 19.9. The number of hydrogen-bond donors (Lipinski definition) is 1. The Morgan fingerprint density at radius 3 is 2.44 bits per heavy atom. The number of hydrogen-bond acceptors (Lipinski definition) is 5. The average molecular weight is 441 g/mol. The van der Waals surface area contributed by atoms with Gasteiger partial charge in [-0.05, 0) is 39.2 Å². The van der Waals surface area contributed by atoms with Gasteiger partial charge < -0.3 is 19.7 Å². The Morgan fingerprint density at radius 1 is 1.22 bits per heavy atom. The van der Waals surface area contributed by atoms with Crippen LogP contribution in [0.25, 0.3) is 0 Å². The van der Waals surface area contributed by atoms with E-state index >= 15 is 0 Å². The molecule has 1 unspecified atom stereocenters. The first-order valence-corrected chi connectivity index (χ1v) is 10.2. The van der Waals surface area contributed by atoms with Gasteiger partial charge in [-0.25, -0.2) is 4.79 Å². The molecule has 1 saturated heterocycles. The Labute approximate surface area is 169 Å². The molecule has 1 atom stereocenters. The van der Waals surface area contributed by atoms with Crippen molar-refractivity contribution in [1.29, 1.82) is 0 Å². The number of ether oxygens (including phenoxy) is 2. The number of esters is 1. The van der Waals surface area contributed by atoms with Crippen LogP contribution in [0.1, 0.15) is 39.2 Å². The van der Waals surface area contributed by atoms with Crippen LogP contribution in [0.15, 0.2) is 30.3 Å². The van der Waals surface area contributed by atoms with E-state index in [1.165, 1.54) is 0 Å². The van der Waals surface area contributed by atoms with E-state index in [0.29, 0.717) is 6.54 Å². The molecule has 0 aromatic heterocycles. The number of alkyl halides is 1. The molecule has 1 amide bonds. The summed E-state index contributed by atoms with van der Waals surface area (Å²) in [6.45, 7) is 8.05. The molecule has 1 aromatic rings. The van der Waals surface area contributed by atoms with Crippen molar-refractivity contribution in [3.63, 3.8) is 0 Å². The molecule has 6 nitrogen and oxygen atoms in total. The first-order valence-electron chi connectivity index (χ1n) is 9.29. The number of likely N-dealkylation sites (tertiary alicyclic amines) is 1. The molecular weight excluding hydrogens is 412 g/mol. The summed E-state index contributed by atoms with van der Waals surface area (Å²) in [7, 11) is 0. The number of carbonyl (C=O) groups excluding carboxylic acids is 2. The molecule has 1 fully saturated rings. The Hall–Kier alpha value is -1.60. The summed E-state index contributed by atoms with van der Waals surface area (Å²) >= 11 is 3.43. The minimum Gasteiger partial charge on any atom is -0.460 e. The molecule has 1 aromatic carbocycles. The smallest absolute Gasteiger partial charge is 0.407 e. The third kappa shape index (κ3) is 8.30. The van der Waals surface area contributed by atoms with Gasteiger partial charge in [-0.2, -0.15) is 0 Å². The third-order valence-corrected chi connectivity index (χ3v) is 4.87. The Morgan fingerprint density at radius 2 is 1.85 bits per heavy atom. The number of nitrogens with one attached hydrogen (secondary N) is 1. The molecule has 1 heterocycles. The average Bonchev–Trinajstić information content (AvgIpc) is 2.60. The van der Waals surface area contributed by atoms with Gasteiger partial charge in [-0.1, -0.05) is 46.3 Å². The monoisotopic (exact) mass is 440 g/mol. The van der Waals surface area contributed by atoms with Gasteiger partial charge in [-0.3, -0.25) is 4.79 Å². The second-order valence-corrected chi connectivity index (χ2v) is 8.89. The second kappa shape index (κ2) is 10.1. The van der Waals surface area contributed by atoms with Crippen LogP contribution < -0.4 is 5.32 Å². The largest absolute Gasteiger partial charge is 0.460 e. The highest BCUT2D eigenvalue weighted by Crippen LogP contribution is 2.15. The third-order valence-electron chi connectivity index (χ3n) is 4.21. The second-order valence-electron chi connectivity index (χ2n) is 7.78. The Kier molecular flexibility index (Phi) is 8.10. The van der Waals surface area contributed by atoms with E-state index in [1.807, 2.05) is 51.1 Å². The molecule has 0 saturated carbocycles. The number of benzene rings is 1. The summed E-state index contributed by atoms with van der Waals surface area (Å²) in [4.78, 5) is 25.9. The minimum absolute atomic E-state index is 0.106. The van der Waals surface area contributed by atoms with Crippen LogP contribution in [0.4, 0.5) is 4.79 Å². The molecule has 0 spiro atoms. The molecule has 7 heteroatoms. The topological polar surface area (TPSA) is 67.9 Å². The molecule has 1 aliphatic heterocycles. The van der Waals surface area contributed by atoms with Gasteiger partial charge in [0.15, 0.2) is 0 Å². The number of alkyl carbamates (subject to hydrolysis) is 1. The minimum atomic E-state index is -0.492. The molecule has 0 bridgehead atoms. The molecule has 27 heavy (non-hydrogen) atoms. The first kappa shape index (κ1) is 21.7. The summed E-state index contributed by atoms with van der Waals surface area (Å²) in [5, 5.41) is 2.92. The van der Waals surface area contributed by atoms with Crippen molar-refractivity contribution in [2.45, 2.75) is 56.7 Å². The number of nitrogens with zero attached hydrogens (tertiary/aromatic N) is 1. The Bertz CT molecular complexity index is 610. The van der Waals surface area contributed by atoms with Gasteiger partial charge in [-0.15, -0.1) is 0 Å². The Balaban J connectivity index is 1.67. The fourth-order valence-electron chi connectivity index (χ4n) is 2.85. The summed E-state index contributed by atoms with van der Waals surface area (Å²) in [6, 6.07) is 9.74. The molecular formula is C20H29BrN2O4. The summed E-state index contributed by atoms with van der Waals surface area (Å²) in [5.41, 5.74) is 0.480. The molecule has 2 rings (SSSR count). The SMILES string of the molecule is CC(C)(C)OC(=O)NC1CCN(CC(Br)C(=O)OCc2ccccc2)CC1. The van der Waals surface area contributed by atoms with E-state index < -0.39 is 5.60 Å². The molecule has 0 radical (unpaired) electrons. The van der Waals surface area contributed by atoms with Gasteiger partial charge in [0.25, 0.3) is 0 Å². The van der Waals surface area contributed by atoms with Gasteiger partial charge in [0.1, 0.15) is 17.0 Å². The number of carbonyl (C=O) groups is 2. The predicted octanol–water partition coefficient (Wildman–Crippen LogP) is 3.48. The van der Waals surface area contributed by atoms with E-state index in [0.717, 1.165) is 31.5 Å². The predicted molar refractivity (Wildman–Crippen MR) is 108 cm³/mol. The standard InChI is InChI=1S/C20H29BrN2O4/c1-20(2,3)27-19(25)22-16-9-11-23(12-10-16)13-17(21)18(24)26-14-15-7-5-4-6-8-15/h4-8,16-17H,9-14H2,1-3H3,(H,22,25). The highest BCUT2D eigenvalue weighted by Gasteiger charge is 2.26. The quantitative estimate of drug-likeness (QED) is 0.541. The maximum absolute atomic E-state index is 12.2. The van der Waals surface area contributed by atoms with Gasteiger partial charge in [0, 0.05) is 25.7 Å². The number of piperidine rings is 1. The maximum atomic E-state index is 12.2. The van der Waals surface area contributed by atoms with Crippen molar-refractivity contribution in [2.75, 3.05) is 19.6 Å². The lowest BCUT2D eigenvalue weighted by molar-refractivity contribution is -0.144. The first-order chi connectivity index (χ1) is 12.7. The lowest BCUT2D eigenvalue weighted by Gasteiger charge is -2.33. The van der Waals surface area contributed by atoms with Crippen LogP contribution in [0, 0.1) is 0 Å². The van der Waals surface area contributed by atoms with Crippen LogP contribution in [0.5, 0.6) is 0 Å². The summed E-state index contributed by atoms with van der Waals surface area (Å²) < 4.78 is 10.7. The van der Waals surface area contributed by atoms with Crippen LogP contribution in [-0.4, -0.2) is 53.1 Å². The normalized spacial score (nSPS) is 17.2. The van der Waals surface area contributed by atoms with Gasteiger partial charge in [0.05, 0.1) is 0 Å².